The highest BCUT2D eigenvalue weighted by atomic mass is 35.5. The number of primary amides is 1. The maximum atomic E-state index is 13.9. The predicted molar refractivity (Wildman–Crippen MR) is 139 cm³/mol. The largest absolute Gasteiger partial charge is 0.493 e. The van der Waals surface area contributed by atoms with Crippen LogP contribution in [0.5, 0.6) is 11.5 Å². The summed E-state index contributed by atoms with van der Waals surface area (Å²) in [6.45, 7) is 1.92. The highest BCUT2D eigenvalue weighted by molar-refractivity contribution is 6.32. The molecule has 11 heteroatoms. The molecule has 2 fully saturated rings. The Kier molecular flexibility index (Phi) is 6.56. The molecule has 0 aromatic heterocycles. The third-order valence-corrected chi connectivity index (χ3v) is 8.36. The van der Waals surface area contributed by atoms with Crippen molar-refractivity contribution in [3.8, 4) is 11.5 Å². The fraction of sp³-hybridized carbons (Fsp3) is 0.407. The van der Waals surface area contributed by atoms with Crippen molar-refractivity contribution in [1.82, 2.24) is 10.2 Å². The van der Waals surface area contributed by atoms with E-state index in [-0.39, 0.29) is 25.3 Å². The van der Waals surface area contributed by atoms with Gasteiger partial charge in [-0.15, -0.1) is 0 Å². The van der Waals surface area contributed by atoms with Gasteiger partial charge < -0.3 is 20.5 Å². The zero-order valence-electron chi connectivity index (χ0n) is 21.3. The zero-order valence-corrected chi connectivity index (χ0v) is 22.1. The molecule has 0 aliphatic carbocycles. The molecule has 4 atom stereocenters. The number of likely N-dealkylation sites (tertiary alicyclic amines) is 1. The molecule has 0 saturated carbocycles. The second-order valence-corrected chi connectivity index (χ2v) is 10.3. The van der Waals surface area contributed by atoms with Crippen LogP contribution in [0, 0.1) is 18.8 Å². The quantitative estimate of drug-likeness (QED) is 0.434. The van der Waals surface area contributed by atoms with Gasteiger partial charge in [-0.05, 0) is 49.1 Å². The van der Waals surface area contributed by atoms with Crippen molar-refractivity contribution in [2.75, 3.05) is 26.1 Å². The number of methoxy groups -OCH3 is 2. The lowest BCUT2D eigenvalue weighted by molar-refractivity contribution is -0.142. The first-order chi connectivity index (χ1) is 18.1. The van der Waals surface area contributed by atoms with Crippen molar-refractivity contribution < 1.29 is 28.7 Å². The molecule has 0 radical (unpaired) electrons. The molecule has 200 valence electrons. The summed E-state index contributed by atoms with van der Waals surface area (Å²) in [5.74, 6) is -2.41. The number of nitrogens with two attached hydrogens (primary N) is 1. The van der Waals surface area contributed by atoms with Crippen LogP contribution in [0.2, 0.25) is 5.02 Å². The molecule has 10 nitrogen and oxygen atoms in total. The van der Waals surface area contributed by atoms with Crippen LogP contribution in [0.15, 0.2) is 30.3 Å². The van der Waals surface area contributed by atoms with Gasteiger partial charge in [-0.2, -0.15) is 0 Å². The van der Waals surface area contributed by atoms with Gasteiger partial charge in [0.25, 0.3) is 0 Å². The van der Waals surface area contributed by atoms with Crippen molar-refractivity contribution in [1.29, 1.82) is 0 Å². The number of imide groups is 1. The molecule has 3 heterocycles. The summed E-state index contributed by atoms with van der Waals surface area (Å²) >= 11 is 6.31. The van der Waals surface area contributed by atoms with Gasteiger partial charge in [0.1, 0.15) is 5.54 Å². The summed E-state index contributed by atoms with van der Waals surface area (Å²) in [4.78, 5) is 54.1. The van der Waals surface area contributed by atoms with Gasteiger partial charge in [0.2, 0.25) is 23.6 Å². The van der Waals surface area contributed by atoms with Gasteiger partial charge in [-0.25, -0.2) is 0 Å². The van der Waals surface area contributed by atoms with Crippen LogP contribution < -0.4 is 25.8 Å². The fourth-order valence-electron chi connectivity index (χ4n) is 6.09. The molecule has 4 N–H and O–H groups in total. The monoisotopic (exact) mass is 540 g/mol. The van der Waals surface area contributed by atoms with Crippen LogP contribution in [0.4, 0.5) is 5.69 Å². The molecule has 3 aliphatic rings. The summed E-state index contributed by atoms with van der Waals surface area (Å²) in [7, 11) is 3.08. The Labute approximate surface area is 224 Å². The minimum absolute atomic E-state index is 0.0121. The summed E-state index contributed by atoms with van der Waals surface area (Å²) in [6.07, 6.45) is 0.620. The van der Waals surface area contributed by atoms with E-state index in [0.29, 0.717) is 39.8 Å². The van der Waals surface area contributed by atoms with Gasteiger partial charge in [0, 0.05) is 29.6 Å². The van der Waals surface area contributed by atoms with Crippen molar-refractivity contribution >= 4 is 40.9 Å². The summed E-state index contributed by atoms with van der Waals surface area (Å²) in [6, 6.07) is 8.22. The Hall–Kier alpha value is -3.63. The number of hydrogen-bond acceptors (Lipinski definition) is 7. The van der Waals surface area contributed by atoms with Crippen LogP contribution in [-0.4, -0.2) is 55.3 Å². The number of carbonyl (C=O) groups is 4. The lowest BCUT2D eigenvalue weighted by atomic mass is 9.76. The first-order valence-electron chi connectivity index (χ1n) is 12.4. The lowest BCUT2D eigenvalue weighted by Crippen LogP contribution is -2.53. The molecule has 2 aromatic rings. The number of ether oxygens (including phenoxy) is 2. The van der Waals surface area contributed by atoms with E-state index in [2.05, 4.69) is 10.6 Å². The van der Waals surface area contributed by atoms with E-state index in [1.54, 1.807) is 38.3 Å². The molecule has 2 aromatic carbocycles. The Morgan fingerprint density at radius 1 is 1.11 bits per heavy atom. The molecule has 3 aliphatic heterocycles. The van der Waals surface area contributed by atoms with E-state index >= 15 is 0 Å². The smallest absolute Gasteiger partial charge is 0.250 e. The summed E-state index contributed by atoms with van der Waals surface area (Å²) < 4.78 is 10.6. The maximum Gasteiger partial charge on any atom is 0.250 e. The van der Waals surface area contributed by atoms with Crippen LogP contribution in [0.3, 0.4) is 0 Å². The molecule has 2 unspecified atom stereocenters. The molecule has 4 amide bonds. The highest BCUT2D eigenvalue weighted by Crippen LogP contribution is 2.54. The third-order valence-electron chi connectivity index (χ3n) is 7.95. The molecular formula is C27H29ClN4O6. The lowest BCUT2D eigenvalue weighted by Gasteiger charge is -2.29. The fourth-order valence-corrected chi connectivity index (χ4v) is 6.25. The number of halogens is 1. The molecule has 1 spiro atoms. The average Bonchev–Trinajstić information content (AvgIpc) is 3.48. The third kappa shape index (κ3) is 3.82. The standard InChI is InChI=1S/C27H29ClN4O6/c1-13-16(28)6-5-15-23(13)30-26(36)27(15)22-21(17(31-27)7-9-20(29)33)24(34)32(25(22)35)11-10-14-4-8-18(37-2)19(12-14)38-3/h4-6,8,12,17,21-22,31H,7,9-11H2,1-3H3,(H2,29,33)(H,30,36)/t17?,21-,22+,27?/m1/s1. The van der Waals surface area contributed by atoms with Gasteiger partial charge in [-0.3, -0.25) is 29.4 Å². The predicted octanol–water partition coefficient (Wildman–Crippen LogP) is 1.89. The maximum absolute atomic E-state index is 13.9. The van der Waals surface area contributed by atoms with Gasteiger partial charge in [0.15, 0.2) is 11.5 Å². The van der Waals surface area contributed by atoms with Gasteiger partial charge >= 0.3 is 0 Å². The van der Waals surface area contributed by atoms with Gasteiger partial charge in [0.05, 0.1) is 31.7 Å². The van der Waals surface area contributed by atoms with E-state index < -0.39 is 41.1 Å². The Bertz CT molecular complexity index is 1360. The topological polar surface area (TPSA) is 140 Å². The first kappa shape index (κ1) is 26.0. The number of nitrogens with one attached hydrogen (secondary N) is 2. The Morgan fingerprint density at radius 3 is 2.53 bits per heavy atom. The number of anilines is 1. The number of hydrogen-bond donors (Lipinski definition) is 3. The SMILES string of the molecule is COc1ccc(CCN2C(=O)[C@@H]3C(CCC(N)=O)NC4(C(=O)Nc5c4ccc(Cl)c5C)[C@@H]3C2=O)cc1OC. The van der Waals surface area contributed by atoms with Crippen molar-refractivity contribution in [3.63, 3.8) is 0 Å². The number of benzene rings is 2. The Balaban J connectivity index is 1.50. The number of amides is 4. The van der Waals surface area contributed by atoms with Crippen LogP contribution in [-0.2, 0) is 31.1 Å². The van der Waals surface area contributed by atoms with E-state index in [0.717, 1.165) is 5.56 Å². The van der Waals surface area contributed by atoms with Crippen molar-refractivity contribution in [3.05, 3.63) is 52.0 Å². The summed E-state index contributed by atoms with van der Waals surface area (Å²) in [5, 5.41) is 6.66. The van der Waals surface area contributed by atoms with Crippen LogP contribution in [0.25, 0.3) is 0 Å². The molecule has 0 bridgehead atoms. The molecule has 38 heavy (non-hydrogen) atoms. The Morgan fingerprint density at radius 2 is 1.84 bits per heavy atom. The second-order valence-electron chi connectivity index (χ2n) is 9.88. The zero-order chi connectivity index (χ0) is 27.4. The highest BCUT2D eigenvalue weighted by Gasteiger charge is 2.70. The second kappa shape index (κ2) is 9.59. The average molecular weight is 541 g/mol. The molecular weight excluding hydrogens is 512 g/mol. The normalized spacial score (nSPS) is 25.5. The molecule has 2 saturated heterocycles. The number of rotatable bonds is 8. The van der Waals surface area contributed by atoms with Crippen LogP contribution >= 0.6 is 11.6 Å². The van der Waals surface area contributed by atoms with Crippen LogP contribution in [0.1, 0.15) is 29.5 Å². The molecule has 5 rings (SSSR count). The number of fused-ring (bicyclic) bond motifs is 4. The van der Waals surface area contributed by atoms with E-state index in [1.807, 2.05) is 6.07 Å². The summed E-state index contributed by atoms with van der Waals surface area (Å²) in [5.41, 5.74) is 6.58. The van der Waals surface area contributed by atoms with E-state index in [9.17, 15) is 19.2 Å². The van der Waals surface area contributed by atoms with Crippen molar-refractivity contribution in [2.24, 2.45) is 17.6 Å². The van der Waals surface area contributed by atoms with E-state index in [4.69, 9.17) is 26.8 Å². The van der Waals surface area contributed by atoms with Crippen molar-refractivity contribution in [2.45, 2.75) is 37.8 Å². The number of carbonyl (C=O) groups excluding carboxylic acids is 4. The minimum atomic E-state index is -1.46. The first-order valence-corrected chi connectivity index (χ1v) is 12.7. The van der Waals surface area contributed by atoms with E-state index in [1.165, 1.54) is 12.0 Å². The van der Waals surface area contributed by atoms with Gasteiger partial charge in [-0.1, -0.05) is 23.7 Å². The minimum Gasteiger partial charge on any atom is -0.493 e. The number of nitrogens with zero attached hydrogens (tertiary/aromatic N) is 1.